The van der Waals surface area contributed by atoms with Crippen LogP contribution in [-0.2, 0) is 0 Å². The Morgan fingerprint density at radius 2 is 2.00 bits per heavy atom. The molecule has 0 N–H and O–H groups in total. The first-order chi connectivity index (χ1) is 7.94. The molecule has 0 saturated carbocycles. The molecule has 0 bridgehead atoms. The molecule has 2 nitrogen and oxygen atoms in total. The predicted octanol–water partition coefficient (Wildman–Crippen LogP) is 1.97. The molecule has 0 aromatic carbocycles. The first kappa shape index (κ1) is 13.6. The Kier molecular flexibility index (Phi) is 4.00. The number of rotatable bonds is 3. The van der Waals surface area contributed by atoms with E-state index < -0.39 is 11.8 Å². The number of hydrogen-bond acceptors (Lipinski definition) is 3. The van der Waals surface area contributed by atoms with Gasteiger partial charge in [-0.25, -0.2) is 8.78 Å². The van der Waals surface area contributed by atoms with Gasteiger partial charge in [-0.1, -0.05) is 0 Å². The summed E-state index contributed by atoms with van der Waals surface area (Å²) in [4.78, 5) is 4.30. The van der Waals surface area contributed by atoms with E-state index in [9.17, 15) is 8.78 Å². The average Bonchev–Trinajstić information content (AvgIpc) is 2.13. The predicted molar refractivity (Wildman–Crippen MR) is 69.0 cm³/mol. The average molecular weight is 264 g/mol. The molecule has 5 heteroatoms. The fraction of sp³-hybridized carbons (Fsp3) is 1.00. The first-order valence-corrected chi connectivity index (χ1v) is 7.04. The SMILES string of the molecule is CC(C)N1CC(N2CCC(CS)C(F)(F)C2)C1. The molecule has 2 aliphatic heterocycles. The molecule has 17 heavy (non-hydrogen) atoms. The highest BCUT2D eigenvalue weighted by Crippen LogP contribution is 2.35. The van der Waals surface area contributed by atoms with E-state index in [1.807, 2.05) is 4.90 Å². The van der Waals surface area contributed by atoms with Crippen LogP contribution in [0.15, 0.2) is 0 Å². The standard InChI is InChI=1S/C12H22F2N2S/c1-9(2)16-5-11(6-16)15-4-3-10(7-17)12(13,14)8-15/h9-11,17H,3-8H2,1-2H3. The Hall–Kier alpha value is 0.130. The molecular weight excluding hydrogens is 242 g/mol. The Morgan fingerprint density at radius 1 is 1.35 bits per heavy atom. The lowest BCUT2D eigenvalue weighted by atomic mass is 9.92. The molecule has 0 aliphatic carbocycles. The molecule has 0 radical (unpaired) electrons. The summed E-state index contributed by atoms with van der Waals surface area (Å²) in [6.45, 7) is 6.92. The normalized spacial score (nSPS) is 31.8. The number of likely N-dealkylation sites (tertiary alicyclic amines) is 2. The summed E-state index contributed by atoms with van der Waals surface area (Å²) in [5.74, 6) is -2.80. The Balaban J connectivity index is 1.85. The Bertz CT molecular complexity index is 267. The largest absolute Gasteiger partial charge is 0.298 e. The second-order valence-electron chi connectivity index (χ2n) is 5.60. The number of piperidine rings is 1. The van der Waals surface area contributed by atoms with Gasteiger partial charge < -0.3 is 0 Å². The van der Waals surface area contributed by atoms with E-state index >= 15 is 0 Å². The summed E-state index contributed by atoms with van der Waals surface area (Å²) in [7, 11) is 0. The lowest BCUT2D eigenvalue weighted by molar-refractivity contribution is -0.128. The third-order valence-corrected chi connectivity index (χ3v) is 4.57. The highest BCUT2D eigenvalue weighted by molar-refractivity contribution is 7.80. The third-order valence-electron chi connectivity index (χ3n) is 4.13. The maximum absolute atomic E-state index is 13.8. The van der Waals surface area contributed by atoms with Crippen molar-refractivity contribution in [2.45, 2.75) is 38.3 Å². The Labute approximate surface area is 108 Å². The fourth-order valence-electron chi connectivity index (χ4n) is 2.69. The van der Waals surface area contributed by atoms with Gasteiger partial charge in [-0.3, -0.25) is 9.80 Å². The molecule has 0 spiro atoms. The second kappa shape index (κ2) is 5.02. The lowest BCUT2D eigenvalue weighted by Crippen LogP contribution is -2.65. The number of nitrogens with zero attached hydrogens (tertiary/aromatic N) is 2. The quantitative estimate of drug-likeness (QED) is 0.779. The van der Waals surface area contributed by atoms with Crippen LogP contribution in [0.5, 0.6) is 0 Å². The zero-order valence-electron chi connectivity index (χ0n) is 10.6. The zero-order chi connectivity index (χ0) is 12.6. The Morgan fingerprint density at radius 3 is 2.47 bits per heavy atom. The van der Waals surface area contributed by atoms with Crippen molar-refractivity contribution in [1.82, 2.24) is 9.80 Å². The zero-order valence-corrected chi connectivity index (χ0v) is 11.5. The van der Waals surface area contributed by atoms with Gasteiger partial charge in [-0.05, 0) is 32.6 Å². The molecular formula is C12H22F2N2S. The van der Waals surface area contributed by atoms with Gasteiger partial charge >= 0.3 is 0 Å². The van der Waals surface area contributed by atoms with E-state index in [0.717, 1.165) is 19.6 Å². The summed E-state index contributed by atoms with van der Waals surface area (Å²) in [6.07, 6.45) is 0.578. The molecule has 2 saturated heterocycles. The molecule has 0 aromatic heterocycles. The molecule has 2 heterocycles. The number of alkyl halides is 2. The monoisotopic (exact) mass is 264 g/mol. The van der Waals surface area contributed by atoms with Gasteiger partial charge in [0.25, 0.3) is 5.92 Å². The summed E-state index contributed by atoms with van der Waals surface area (Å²) in [5.41, 5.74) is 0. The summed E-state index contributed by atoms with van der Waals surface area (Å²) < 4.78 is 27.6. The molecule has 0 amide bonds. The maximum atomic E-state index is 13.8. The lowest BCUT2D eigenvalue weighted by Gasteiger charge is -2.50. The van der Waals surface area contributed by atoms with Crippen LogP contribution >= 0.6 is 12.6 Å². The van der Waals surface area contributed by atoms with E-state index in [1.54, 1.807) is 0 Å². The van der Waals surface area contributed by atoms with Crippen molar-refractivity contribution in [3.63, 3.8) is 0 Å². The van der Waals surface area contributed by atoms with E-state index in [0.29, 0.717) is 24.3 Å². The minimum Gasteiger partial charge on any atom is -0.298 e. The van der Waals surface area contributed by atoms with Gasteiger partial charge in [0.15, 0.2) is 0 Å². The molecule has 2 fully saturated rings. The first-order valence-electron chi connectivity index (χ1n) is 6.41. The van der Waals surface area contributed by atoms with Crippen LogP contribution in [0.1, 0.15) is 20.3 Å². The van der Waals surface area contributed by atoms with Gasteiger partial charge in [0.2, 0.25) is 0 Å². The minimum atomic E-state index is -2.56. The highest BCUT2D eigenvalue weighted by Gasteiger charge is 2.47. The van der Waals surface area contributed by atoms with E-state index in [1.165, 1.54) is 0 Å². The molecule has 0 aromatic rings. The molecule has 2 rings (SSSR count). The van der Waals surface area contributed by atoms with Crippen molar-refractivity contribution < 1.29 is 8.78 Å². The molecule has 2 aliphatic rings. The van der Waals surface area contributed by atoms with Crippen molar-refractivity contribution >= 4 is 12.6 Å². The summed E-state index contributed by atoms with van der Waals surface area (Å²) in [5, 5.41) is 0. The van der Waals surface area contributed by atoms with Crippen LogP contribution in [-0.4, -0.2) is 59.7 Å². The van der Waals surface area contributed by atoms with E-state index in [-0.39, 0.29) is 6.54 Å². The smallest absolute Gasteiger partial charge is 0.264 e. The van der Waals surface area contributed by atoms with Gasteiger partial charge in [0.1, 0.15) is 0 Å². The number of halogens is 2. The van der Waals surface area contributed by atoms with Crippen molar-refractivity contribution in [1.29, 1.82) is 0 Å². The van der Waals surface area contributed by atoms with Crippen molar-refractivity contribution in [3.8, 4) is 0 Å². The number of hydrogen-bond donors (Lipinski definition) is 1. The van der Waals surface area contributed by atoms with E-state index in [4.69, 9.17) is 0 Å². The van der Waals surface area contributed by atoms with Crippen LogP contribution in [0, 0.1) is 5.92 Å². The van der Waals surface area contributed by atoms with Gasteiger partial charge in [-0.15, -0.1) is 0 Å². The van der Waals surface area contributed by atoms with Crippen molar-refractivity contribution in [2.75, 3.05) is 31.9 Å². The minimum absolute atomic E-state index is 0.0746. The van der Waals surface area contributed by atoms with Crippen molar-refractivity contribution in [3.05, 3.63) is 0 Å². The second-order valence-corrected chi connectivity index (χ2v) is 5.97. The highest BCUT2D eigenvalue weighted by atomic mass is 32.1. The van der Waals surface area contributed by atoms with Crippen LogP contribution in [0.4, 0.5) is 8.78 Å². The summed E-state index contributed by atoms with van der Waals surface area (Å²) in [6, 6.07) is 0.867. The van der Waals surface area contributed by atoms with Crippen LogP contribution in [0.3, 0.4) is 0 Å². The summed E-state index contributed by atoms with van der Waals surface area (Å²) >= 11 is 4.03. The topological polar surface area (TPSA) is 6.48 Å². The van der Waals surface area contributed by atoms with Crippen molar-refractivity contribution in [2.24, 2.45) is 5.92 Å². The van der Waals surface area contributed by atoms with Gasteiger partial charge in [-0.2, -0.15) is 12.6 Å². The van der Waals surface area contributed by atoms with E-state index in [2.05, 4.69) is 31.4 Å². The van der Waals surface area contributed by atoms with Gasteiger partial charge in [0.05, 0.1) is 6.54 Å². The van der Waals surface area contributed by atoms with Crippen LogP contribution in [0.2, 0.25) is 0 Å². The number of thiol groups is 1. The third kappa shape index (κ3) is 2.76. The molecule has 1 unspecified atom stereocenters. The van der Waals surface area contributed by atoms with Gasteiger partial charge in [0, 0.05) is 31.1 Å². The maximum Gasteiger partial charge on any atom is 0.264 e. The van der Waals surface area contributed by atoms with Crippen LogP contribution < -0.4 is 0 Å². The molecule has 100 valence electrons. The fourth-order valence-corrected chi connectivity index (χ4v) is 3.14. The molecule has 1 atom stereocenters. The van der Waals surface area contributed by atoms with Crippen LogP contribution in [0.25, 0.3) is 0 Å².